The Hall–Kier alpha value is -0.740. The van der Waals surface area contributed by atoms with E-state index >= 15 is 0 Å². The first kappa shape index (κ1) is 10.3. The van der Waals surface area contributed by atoms with E-state index in [-0.39, 0.29) is 12.0 Å². The van der Waals surface area contributed by atoms with Crippen LogP contribution >= 0.6 is 22.9 Å². The zero-order chi connectivity index (χ0) is 9.68. The average Bonchev–Trinajstić information content (AvgIpc) is 2.66. The minimum atomic E-state index is -0.459. The molecule has 0 aromatic carbocycles. The molecular formula is C8H10ClNO2S. The molecule has 0 aliphatic heterocycles. The number of amides is 1. The van der Waals surface area contributed by atoms with Crippen molar-refractivity contribution in [3.8, 4) is 0 Å². The first-order chi connectivity index (χ1) is 6.27. The normalized spacial score (nSPS) is 12.2. The summed E-state index contributed by atoms with van der Waals surface area (Å²) in [4.78, 5) is 11.8. The van der Waals surface area contributed by atoms with E-state index in [1.165, 1.54) is 18.4 Å². The van der Waals surface area contributed by atoms with Crippen molar-refractivity contribution in [2.75, 3.05) is 12.9 Å². The molecule has 3 nitrogen and oxygen atoms in total. The van der Waals surface area contributed by atoms with Crippen LogP contribution in [-0.4, -0.2) is 19.0 Å². The van der Waals surface area contributed by atoms with Gasteiger partial charge in [0.05, 0.1) is 5.88 Å². The van der Waals surface area contributed by atoms with Crippen LogP contribution in [0, 0.1) is 0 Å². The number of hydrogen-bond acceptors (Lipinski definition) is 3. The van der Waals surface area contributed by atoms with Crippen LogP contribution in [0.25, 0.3) is 0 Å². The van der Waals surface area contributed by atoms with Gasteiger partial charge in [-0.25, -0.2) is 4.79 Å². The molecule has 1 amide bonds. The highest BCUT2D eigenvalue weighted by atomic mass is 35.5. The van der Waals surface area contributed by atoms with E-state index in [4.69, 9.17) is 16.3 Å². The third-order valence-electron chi connectivity index (χ3n) is 1.45. The number of alkyl carbamates (subject to hydrolysis) is 1. The Kier molecular flexibility index (Phi) is 4.05. The van der Waals surface area contributed by atoms with Gasteiger partial charge in [0.1, 0.15) is 0 Å². The lowest BCUT2D eigenvalue weighted by molar-refractivity contribution is 0.112. The number of carbonyl (C=O) groups excluding carboxylic acids is 1. The second-order valence-electron chi connectivity index (χ2n) is 2.31. The van der Waals surface area contributed by atoms with Gasteiger partial charge in [-0.1, -0.05) is 6.07 Å². The number of alkyl halides is 1. The minimum absolute atomic E-state index is 0.272. The summed E-state index contributed by atoms with van der Waals surface area (Å²) in [5.74, 6) is 0.272. The first-order valence-corrected chi connectivity index (χ1v) is 5.17. The van der Waals surface area contributed by atoms with Crippen LogP contribution < -0.4 is 5.32 Å². The number of carbonyl (C=O) groups is 1. The van der Waals surface area contributed by atoms with Gasteiger partial charge in [0.25, 0.3) is 0 Å². The van der Waals surface area contributed by atoms with Gasteiger partial charge in [0.15, 0.2) is 6.10 Å². The van der Waals surface area contributed by atoms with E-state index < -0.39 is 6.09 Å². The molecule has 0 spiro atoms. The summed E-state index contributed by atoms with van der Waals surface area (Å²) in [6.45, 7) is 0. The van der Waals surface area contributed by atoms with Gasteiger partial charge >= 0.3 is 6.09 Å². The van der Waals surface area contributed by atoms with E-state index in [1.54, 1.807) is 0 Å². The predicted molar refractivity (Wildman–Crippen MR) is 53.3 cm³/mol. The highest BCUT2D eigenvalue weighted by molar-refractivity contribution is 7.10. The third-order valence-corrected chi connectivity index (χ3v) is 2.70. The maximum absolute atomic E-state index is 10.9. The number of ether oxygens (including phenoxy) is 1. The quantitative estimate of drug-likeness (QED) is 0.793. The smallest absolute Gasteiger partial charge is 0.407 e. The Labute approximate surface area is 85.7 Å². The lowest BCUT2D eigenvalue weighted by atomic mass is 10.3. The van der Waals surface area contributed by atoms with Crippen LogP contribution in [0.2, 0.25) is 0 Å². The number of hydrogen-bond donors (Lipinski definition) is 1. The first-order valence-electron chi connectivity index (χ1n) is 3.75. The van der Waals surface area contributed by atoms with Gasteiger partial charge in [0.2, 0.25) is 0 Å². The third kappa shape index (κ3) is 2.90. The molecule has 72 valence electrons. The summed E-state index contributed by atoms with van der Waals surface area (Å²) in [5, 5.41) is 4.30. The van der Waals surface area contributed by atoms with Crippen LogP contribution in [0.1, 0.15) is 11.0 Å². The highest BCUT2D eigenvalue weighted by Crippen LogP contribution is 2.23. The molecule has 0 unspecified atom stereocenters. The van der Waals surface area contributed by atoms with Gasteiger partial charge in [-0.3, -0.25) is 0 Å². The maximum atomic E-state index is 10.9. The molecule has 1 atom stereocenters. The van der Waals surface area contributed by atoms with Crippen molar-refractivity contribution in [3.05, 3.63) is 22.4 Å². The zero-order valence-corrected chi connectivity index (χ0v) is 8.69. The van der Waals surface area contributed by atoms with Gasteiger partial charge in [-0.2, -0.15) is 0 Å². The molecule has 1 aromatic heterocycles. The fourth-order valence-electron chi connectivity index (χ4n) is 0.828. The van der Waals surface area contributed by atoms with Gasteiger partial charge < -0.3 is 10.1 Å². The number of nitrogens with one attached hydrogen (secondary N) is 1. The number of halogens is 1. The molecule has 1 heterocycles. The second-order valence-corrected chi connectivity index (χ2v) is 3.60. The van der Waals surface area contributed by atoms with E-state index in [0.717, 1.165) is 4.88 Å². The summed E-state index contributed by atoms with van der Waals surface area (Å²) >= 11 is 7.18. The molecule has 0 fully saturated rings. The molecular weight excluding hydrogens is 210 g/mol. The molecule has 1 aromatic rings. The van der Waals surface area contributed by atoms with E-state index in [0.29, 0.717) is 0 Å². The van der Waals surface area contributed by atoms with Crippen molar-refractivity contribution >= 4 is 29.0 Å². The highest BCUT2D eigenvalue weighted by Gasteiger charge is 2.15. The van der Waals surface area contributed by atoms with Gasteiger partial charge in [0, 0.05) is 11.9 Å². The average molecular weight is 220 g/mol. The Morgan fingerprint density at radius 2 is 2.62 bits per heavy atom. The summed E-state index contributed by atoms with van der Waals surface area (Å²) < 4.78 is 5.02. The van der Waals surface area contributed by atoms with E-state index in [1.807, 2.05) is 17.5 Å². The molecule has 13 heavy (non-hydrogen) atoms. The SMILES string of the molecule is CNC(=O)O[C@H](CCl)c1cccs1. The summed E-state index contributed by atoms with van der Waals surface area (Å²) in [5.41, 5.74) is 0. The van der Waals surface area contributed by atoms with Crippen LogP contribution in [0.5, 0.6) is 0 Å². The van der Waals surface area contributed by atoms with Crippen molar-refractivity contribution in [3.63, 3.8) is 0 Å². The molecule has 1 N–H and O–H groups in total. The standard InChI is InChI=1S/C8H10ClNO2S/c1-10-8(11)12-6(5-9)7-3-2-4-13-7/h2-4,6H,5H2,1H3,(H,10,11)/t6-/m1/s1. The zero-order valence-electron chi connectivity index (χ0n) is 7.12. The van der Waals surface area contributed by atoms with Gasteiger partial charge in [-0.15, -0.1) is 22.9 Å². The van der Waals surface area contributed by atoms with E-state index in [2.05, 4.69) is 5.32 Å². The topological polar surface area (TPSA) is 38.3 Å². The second kappa shape index (κ2) is 5.09. The van der Waals surface area contributed by atoms with Crippen molar-refractivity contribution in [1.82, 2.24) is 5.32 Å². The number of rotatable bonds is 3. The fraction of sp³-hybridized carbons (Fsp3) is 0.375. The van der Waals surface area contributed by atoms with Crippen molar-refractivity contribution in [2.24, 2.45) is 0 Å². The van der Waals surface area contributed by atoms with E-state index in [9.17, 15) is 4.79 Å². The predicted octanol–water partition coefficient (Wildman–Crippen LogP) is 2.38. The summed E-state index contributed by atoms with van der Waals surface area (Å²) in [6.07, 6.45) is -0.805. The molecule has 0 saturated carbocycles. The molecule has 5 heteroatoms. The molecule has 1 rings (SSSR count). The molecule has 0 aliphatic rings. The Bertz CT molecular complexity index is 263. The van der Waals surface area contributed by atoms with Crippen LogP contribution in [0.4, 0.5) is 4.79 Å². The lowest BCUT2D eigenvalue weighted by Gasteiger charge is -2.12. The molecule has 0 saturated heterocycles. The van der Waals surface area contributed by atoms with Crippen molar-refractivity contribution in [2.45, 2.75) is 6.10 Å². The Morgan fingerprint density at radius 3 is 3.08 bits per heavy atom. The Morgan fingerprint density at radius 1 is 1.85 bits per heavy atom. The maximum Gasteiger partial charge on any atom is 0.407 e. The molecule has 0 aliphatic carbocycles. The molecule has 0 bridgehead atoms. The van der Waals surface area contributed by atoms with Crippen molar-refractivity contribution in [1.29, 1.82) is 0 Å². The Balaban J connectivity index is 2.58. The molecule has 0 radical (unpaired) electrons. The minimum Gasteiger partial charge on any atom is -0.439 e. The largest absolute Gasteiger partial charge is 0.439 e. The monoisotopic (exact) mass is 219 g/mol. The van der Waals surface area contributed by atoms with Crippen LogP contribution in [0.3, 0.4) is 0 Å². The fourth-order valence-corrected chi connectivity index (χ4v) is 1.90. The van der Waals surface area contributed by atoms with Crippen LogP contribution in [-0.2, 0) is 4.74 Å². The van der Waals surface area contributed by atoms with Crippen LogP contribution in [0.15, 0.2) is 17.5 Å². The van der Waals surface area contributed by atoms with Gasteiger partial charge in [-0.05, 0) is 11.4 Å². The summed E-state index contributed by atoms with van der Waals surface area (Å²) in [6, 6.07) is 3.79. The summed E-state index contributed by atoms with van der Waals surface area (Å²) in [7, 11) is 1.52. The number of thiophene rings is 1. The van der Waals surface area contributed by atoms with Crippen molar-refractivity contribution < 1.29 is 9.53 Å². The lowest BCUT2D eigenvalue weighted by Crippen LogP contribution is -2.22.